The van der Waals surface area contributed by atoms with Crippen molar-refractivity contribution >= 4 is 17.5 Å². The Labute approximate surface area is 89.3 Å². The Morgan fingerprint density at radius 3 is 2.79 bits per heavy atom. The van der Waals surface area contributed by atoms with Crippen molar-refractivity contribution in [3.63, 3.8) is 0 Å². The van der Waals surface area contributed by atoms with E-state index in [2.05, 4.69) is 25.2 Å². The lowest BCUT2D eigenvalue weighted by Gasteiger charge is -2.08. The van der Waals surface area contributed by atoms with Crippen LogP contribution in [0.1, 0.15) is 16.7 Å². The number of carbonyl (C=O) groups excluding carboxylic acids is 1. The number of halogens is 1. The molecule has 0 spiro atoms. The quantitative estimate of drug-likeness (QED) is 0.763. The van der Waals surface area contributed by atoms with E-state index in [9.17, 15) is 4.79 Å². The molecule has 0 atom stereocenters. The molecule has 1 amide bonds. The average molecular weight is 212 g/mol. The Kier molecular flexibility index (Phi) is 3.96. The highest BCUT2D eigenvalue weighted by molar-refractivity contribution is 6.27. The summed E-state index contributed by atoms with van der Waals surface area (Å²) in [5, 5.41) is 2.75. The van der Waals surface area contributed by atoms with Gasteiger partial charge in [-0.1, -0.05) is 18.2 Å². The van der Waals surface area contributed by atoms with Crippen LogP contribution in [0.15, 0.2) is 18.2 Å². The molecule has 0 aromatic heterocycles. The second-order valence-electron chi connectivity index (χ2n) is 3.27. The van der Waals surface area contributed by atoms with E-state index in [1.807, 2.05) is 12.1 Å². The molecule has 0 heterocycles. The van der Waals surface area contributed by atoms with Crippen molar-refractivity contribution in [1.82, 2.24) is 5.32 Å². The average Bonchev–Trinajstić information content (AvgIpc) is 2.20. The second kappa shape index (κ2) is 5.01. The number of aryl methyl sites for hydroxylation is 1. The first-order valence-electron chi connectivity index (χ1n) is 4.53. The molecular weight excluding hydrogens is 198 g/mol. The first-order valence-corrected chi connectivity index (χ1v) is 5.06. The smallest absolute Gasteiger partial charge is 0.235 e. The molecule has 0 aliphatic carbocycles. The molecular formula is C11H14ClNO. The molecule has 0 saturated heterocycles. The predicted molar refractivity (Wildman–Crippen MR) is 58.5 cm³/mol. The summed E-state index contributed by atoms with van der Waals surface area (Å²) in [5.41, 5.74) is 3.61. The molecule has 0 aliphatic rings. The maximum Gasteiger partial charge on any atom is 0.235 e. The zero-order valence-electron chi connectivity index (χ0n) is 8.43. The van der Waals surface area contributed by atoms with Gasteiger partial charge in [0, 0.05) is 6.54 Å². The van der Waals surface area contributed by atoms with Gasteiger partial charge in [0.25, 0.3) is 0 Å². The van der Waals surface area contributed by atoms with Gasteiger partial charge in [0.05, 0.1) is 0 Å². The highest BCUT2D eigenvalue weighted by Crippen LogP contribution is 2.11. The zero-order valence-corrected chi connectivity index (χ0v) is 9.19. The summed E-state index contributed by atoms with van der Waals surface area (Å²) in [6, 6.07) is 6.06. The molecule has 76 valence electrons. The lowest BCUT2D eigenvalue weighted by atomic mass is 10.0. The number of amides is 1. The van der Waals surface area contributed by atoms with E-state index < -0.39 is 0 Å². The Morgan fingerprint density at radius 2 is 2.14 bits per heavy atom. The van der Waals surface area contributed by atoms with Crippen LogP contribution < -0.4 is 5.32 Å². The summed E-state index contributed by atoms with van der Waals surface area (Å²) < 4.78 is 0. The highest BCUT2D eigenvalue weighted by atomic mass is 35.5. The fourth-order valence-electron chi connectivity index (χ4n) is 1.24. The number of benzene rings is 1. The summed E-state index contributed by atoms with van der Waals surface area (Å²) in [7, 11) is 0. The molecule has 1 aromatic rings. The summed E-state index contributed by atoms with van der Waals surface area (Å²) in [6.45, 7) is 4.67. The topological polar surface area (TPSA) is 29.1 Å². The minimum absolute atomic E-state index is 0.0187. The molecule has 0 unspecified atom stereocenters. The van der Waals surface area contributed by atoms with Crippen molar-refractivity contribution in [2.24, 2.45) is 0 Å². The molecule has 0 bridgehead atoms. The van der Waals surface area contributed by atoms with Crippen LogP contribution in [0.5, 0.6) is 0 Å². The van der Waals surface area contributed by atoms with E-state index >= 15 is 0 Å². The summed E-state index contributed by atoms with van der Waals surface area (Å²) in [4.78, 5) is 10.9. The van der Waals surface area contributed by atoms with E-state index in [0.717, 1.165) is 5.56 Å². The van der Waals surface area contributed by atoms with Crippen molar-refractivity contribution in [3.05, 3.63) is 34.9 Å². The first-order chi connectivity index (χ1) is 6.65. The number of rotatable bonds is 3. The molecule has 0 aliphatic heterocycles. The summed E-state index contributed by atoms with van der Waals surface area (Å²) in [5.74, 6) is -0.113. The third-order valence-corrected chi connectivity index (χ3v) is 2.56. The van der Waals surface area contributed by atoms with Gasteiger partial charge in [-0.25, -0.2) is 0 Å². The molecule has 1 rings (SSSR count). The lowest BCUT2D eigenvalue weighted by Crippen LogP contribution is -2.24. The first kappa shape index (κ1) is 11.1. The second-order valence-corrected chi connectivity index (χ2v) is 3.54. The van der Waals surface area contributed by atoms with E-state index in [4.69, 9.17) is 11.6 Å². The standard InChI is InChI=1S/C11H14ClNO/c1-8-4-3-5-10(9(8)2)7-13-11(14)6-12/h3-5H,6-7H2,1-2H3,(H,13,14). The van der Waals surface area contributed by atoms with Crippen LogP contribution in [0.3, 0.4) is 0 Å². The normalized spacial score (nSPS) is 9.93. The van der Waals surface area contributed by atoms with Crippen LogP contribution in [0, 0.1) is 13.8 Å². The predicted octanol–water partition coefficient (Wildman–Crippen LogP) is 2.16. The van der Waals surface area contributed by atoms with Gasteiger partial charge in [-0.05, 0) is 30.5 Å². The maximum atomic E-state index is 10.9. The van der Waals surface area contributed by atoms with Crippen molar-refractivity contribution in [2.75, 3.05) is 5.88 Å². The van der Waals surface area contributed by atoms with Crippen LogP contribution in [-0.4, -0.2) is 11.8 Å². The Bertz CT molecular complexity index is 336. The number of hydrogen-bond acceptors (Lipinski definition) is 1. The third kappa shape index (κ3) is 2.74. The van der Waals surface area contributed by atoms with Crippen molar-refractivity contribution in [3.8, 4) is 0 Å². The number of nitrogens with one attached hydrogen (secondary N) is 1. The van der Waals surface area contributed by atoms with Gasteiger partial charge >= 0.3 is 0 Å². The Morgan fingerprint density at radius 1 is 1.43 bits per heavy atom. The minimum Gasteiger partial charge on any atom is -0.351 e. The fourth-order valence-corrected chi connectivity index (χ4v) is 1.34. The van der Waals surface area contributed by atoms with E-state index in [1.165, 1.54) is 11.1 Å². The van der Waals surface area contributed by atoms with Crippen LogP contribution >= 0.6 is 11.6 Å². The van der Waals surface area contributed by atoms with E-state index in [1.54, 1.807) is 0 Å². The van der Waals surface area contributed by atoms with Crippen LogP contribution in [0.2, 0.25) is 0 Å². The van der Waals surface area contributed by atoms with Gasteiger partial charge in [0.2, 0.25) is 5.91 Å². The van der Waals surface area contributed by atoms with Gasteiger partial charge < -0.3 is 5.32 Å². The number of hydrogen-bond donors (Lipinski definition) is 1. The van der Waals surface area contributed by atoms with Crippen LogP contribution in [-0.2, 0) is 11.3 Å². The molecule has 0 fully saturated rings. The third-order valence-electron chi connectivity index (χ3n) is 2.31. The molecule has 14 heavy (non-hydrogen) atoms. The Balaban J connectivity index is 2.68. The van der Waals surface area contributed by atoms with Crippen molar-refractivity contribution in [2.45, 2.75) is 20.4 Å². The Hall–Kier alpha value is -1.02. The van der Waals surface area contributed by atoms with E-state index in [-0.39, 0.29) is 11.8 Å². The van der Waals surface area contributed by atoms with Gasteiger partial charge in [-0.15, -0.1) is 11.6 Å². The maximum absolute atomic E-state index is 10.9. The fraction of sp³-hybridized carbons (Fsp3) is 0.364. The van der Waals surface area contributed by atoms with Crippen LogP contribution in [0.4, 0.5) is 0 Å². The molecule has 1 N–H and O–H groups in total. The van der Waals surface area contributed by atoms with Crippen LogP contribution in [0.25, 0.3) is 0 Å². The minimum atomic E-state index is -0.132. The van der Waals surface area contributed by atoms with Gasteiger partial charge in [-0.2, -0.15) is 0 Å². The molecule has 0 saturated carbocycles. The lowest BCUT2D eigenvalue weighted by molar-refractivity contribution is -0.118. The molecule has 2 nitrogen and oxygen atoms in total. The van der Waals surface area contributed by atoms with Crippen molar-refractivity contribution < 1.29 is 4.79 Å². The summed E-state index contributed by atoms with van der Waals surface area (Å²) in [6.07, 6.45) is 0. The van der Waals surface area contributed by atoms with Gasteiger partial charge in [0.1, 0.15) is 5.88 Å². The summed E-state index contributed by atoms with van der Waals surface area (Å²) >= 11 is 5.38. The van der Waals surface area contributed by atoms with Gasteiger partial charge in [0.15, 0.2) is 0 Å². The number of carbonyl (C=O) groups is 1. The number of alkyl halides is 1. The SMILES string of the molecule is Cc1cccc(CNC(=O)CCl)c1C. The molecule has 1 aromatic carbocycles. The zero-order chi connectivity index (χ0) is 10.6. The molecule has 0 radical (unpaired) electrons. The van der Waals surface area contributed by atoms with Crippen molar-refractivity contribution in [1.29, 1.82) is 0 Å². The monoisotopic (exact) mass is 211 g/mol. The molecule has 3 heteroatoms. The highest BCUT2D eigenvalue weighted by Gasteiger charge is 2.02. The largest absolute Gasteiger partial charge is 0.351 e. The van der Waals surface area contributed by atoms with Gasteiger partial charge in [-0.3, -0.25) is 4.79 Å². The van der Waals surface area contributed by atoms with E-state index in [0.29, 0.717) is 6.54 Å².